The van der Waals surface area contributed by atoms with Gasteiger partial charge in [-0.1, -0.05) is 13.0 Å². The summed E-state index contributed by atoms with van der Waals surface area (Å²) in [5.41, 5.74) is 1.31. The van der Waals surface area contributed by atoms with Crippen LogP contribution in [0.15, 0.2) is 36.3 Å². The lowest BCUT2D eigenvalue weighted by Crippen LogP contribution is -2.31. The highest BCUT2D eigenvalue weighted by atomic mass is 15.3. The summed E-state index contributed by atoms with van der Waals surface area (Å²) in [6, 6.07) is 0. The van der Waals surface area contributed by atoms with Crippen molar-refractivity contribution in [1.29, 1.82) is 0 Å². The second-order valence-electron chi connectivity index (χ2n) is 2.77. The molecule has 1 unspecified atom stereocenters. The van der Waals surface area contributed by atoms with E-state index in [1.807, 2.05) is 6.08 Å². The zero-order valence-corrected chi connectivity index (χ0v) is 6.62. The predicted molar refractivity (Wildman–Crippen MR) is 45.4 cm³/mol. The highest BCUT2D eigenvalue weighted by Gasteiger charge is 2.18. The molecule has 0 bridgehead atoms. The molecular formula is C9H12N2. The van der Waals surface area contributed by atoms with Crippen molar-refractivity contribution in [2.24, 2.45) is 0 Å². The topological polar surface area (TPSA) is 15.3 Å². The zero-order chi connectivity index (χ0) is 7.68. The van der Waals surface area contributed by atoms with Crippen LogP contribution < -0.4 is 5.32 Å². The van der Waals surface area contributed by atoms with Gasteiger partial charge in [0.2, 0.25) is 0 Å². The molecule has 2 heterocycles. The molecule has 0 aromatic heterocycles. The monoisotopic (exact) mass is 148 g/mol. The Hall–Kier alpha value is -1.18. The molecule has 0 saturated heterocycles. The molecule has 0 radical (unpaired) electrons. The minimum atomic E-state index is 0.370. The van der Waals surface area contributed by atoms with E-state index in [1.54, 1.807) is 0 Å². The Labute approximate surface area is 66.9 Å². The largest absolute Gasteiger partial charge is 0.364 e. The lowest BCUT2D eigenvalue weighted by atomic mass is 10.3. The predicted octanol–water partition coefficient (Wildman–Crippen LogP) is 1.55. The van der Waals surface area contributed by atoms with E-state index < -0.39 is 0 Å². The van der Waals surface area contributed by atoms with Crippen LogP contribution in [0.2, 0.25) is 0 Å². The second kappa shape index (κ2) is 2.46. The summed E-state index contributed by atoms with van der Waals surface area (Å²) < 4.78 is 0. The van der Waals surface area contributed by atoms with Crippen LogP contribution in [-0.2, 0) is 0 Å². The van der Waals surface area contributed by atoms with Crippen LogP contribution in [0.3, 0.4) is 0 Å². The molecular weight excluding hydrogens is 136 g/mol. The average molecular weight is 148 g/mol. The fourth-order valence-electron chi connectivity index (χ4n) is 1.36. The molecule has 2 rings (SSSR count). The second-order valence-corrected chi connectivity index (χ2v) is 2.77. The van der Waals surface area contributed by atoms with Gasteiger partial charge in [-0.05, 0) is 18.6 Å². The normalized spacial score (nSPS) is 26.5. The Morgan fingerprint density at radius 1 is 1.55 bits per heavy atom. The van der Waals surface area contributed by atoms with Crippen LogP contribution >= 0.6 is 0 Å². The van der Waals surface area contributed by atoms with Crippen LogP contribution in [0.5, 0.6) is 0 Å². The van der Waals surface area contributed by atoms with Crippen molar-refractivity contribution in [3.8, 4) is 0 Å². The lowest BCUT2D eigenvalue weighted by Gasteiger charge is -2.20. The Morgan fingerprint density at radius 2 is 2.45 bits per heavy atom. The van der Waals surface area contributed by atoms with Crippen LogP contribution in [0.1, 0.15) is 13.3 Å². The van der Waals surface area contributed by atoms with Gasteiger partial charge in [0.15, 0.2) is 0 Å². The molecule has 0 spiro atoms. The SMILES string of the molecule is CCC1=CN2C=CC=CC2N1. The minimum Gasteiger partial charge on any atom is -0.364 e. The Kier molecular flexibility index (Phi) is 1.46. The summed E-state index contributed by atoms with van der Waals surface area (Å²) in [7, 11) is 0. The van der Waals surface area contributed by atoms with Crippen molar-refractivity contribution in [3.63, 3.8) is 0 Å². The molecule has 2 heteroatoms. The Bertz CT molecular complexity index is 238. The van der Waals surface area contributed by atoms with E-state index in [9.17, 15) is 0 Å². The first-order valence-electron chi connectivity index (χ1n) is 4.00. The molecule has 1 N–H and O–H groups in total. The van der Waals surface area contributed by atoms with Crippen molar-refractivity contribution in [1.82, 2.24) is 10.2 Å². The third kappa shape index (κ3) is 1.04. The fraction of sp³-hybridized carbons (Fsp3) is 0.333. The third-order valence-corrected chi connectivity index (χ3v) is 2.00. The summed E-state index contributed by atoms with van der Waals surface area (Å²) in [4.78, 5) is 2.18. The van der Waals surface area contributed by atoms with Gasteiger partial charge in [-0.3, -0.25) is 0 Å². The Balaban J connectivity index is 2.16. The van der Waals surface area contributed by atoms with Gasteiger partial charge < -0.3 is 10.2 Å². The highest BCUT2D eigenvalue weighted by Crippen LogP contribution is 2.16. The average Bonchev–Trinajstić information content (AvgIpc) is 2.46. The summed E-state index contributed by atoms with van der Waals surface area (Å²) in [6.45, 7) is 2.16. The zero-order valence-electron chi connectivity index (χ0n) is 6.62. The van der Waals surface area contributed by atoms with E-state index in [-0.39, 0.29) is 0 Å². The summed E-state index contributed by atoms with van der Waals surface area (Å²) in [5.74, 6) is 0. The first-order valence-corrected chi connectivity index (χ1v) is 4.00. The molecule has 0 amide bonds. The maximum atomic E-state index is 3.39. The summed E-state index contributed by atoms with van der Waals surface area (Å²) >= 11 is 0. The quantitative estimate of drug-likeness (QED) is 0.607. The molecule has 2 nitrogen and oxygen atoms in total. The van der Waals surface area contributed by atoms with Gasteiger partial charge in [-0.15, -0.1) is 0 Å². The van der Waals surface area contributed by atoms with Gasteiger partial charge in [0.05, 0.1) is 0 Å². The van der Waals surface area contributed by atoms with Gasteiger partial charge in [-0.2, -0.15) is 0 Å². The van der Waals surface area contributed by atoms with E-state index in [2.05, 4.69) is 41.7 Å². The molecule has 1 atom stereocenters. The smallest absolute Gasteiger partial charge is 0.122 e. The highest BCUT2D eigenvalue weighted by molar-refractivity contribution is 5.22. The van der Waals surface area contributed by atoms with Crippen LogP contribution in [0, 0.1) is 0 Å². The number of nitrogens with zero attached hydrogens (tertiary/aromatic N) is 1. The maximum absolute atomic E-state index is 3.39. The van der Waals surface area contributed by atoms with Gasteiger partial charge >= 0.3 is 0 Å². The first-order chi connectivity index (χ1) is 5.40. The van der Waals surface area contributed by atoms with Crippen molar-refractivity contribution in [2.75, 3.05) is 0 Å². The third-order valence-electron chi connectivity index (χ3n) is 2.00. The molecule has 2 aliphatic heterocycles. The molecule has 0 aromatic carbocycles. The van der Waals surface area contributed by atoms with Crippen LogP contribution in [0.25, 0.3) is 0 Å². The van der Waals surface area contributed by atoms with E-state index >= 15 is 0 Å². The Morgan fingerprint density at radius 3 is 3.18 bits per heavy atom. The number of rotatable bonds is 1. The lowest BCUT2D eigenvalue weighted by molar-refractivity contribution is 0.423. The standard InChI is InChI=1S/C9H12N2/c1-2-8-7-11-6-4-3-5-9(11)10-8/h3-7,9-10H,2H2,1H3. The molecule has 11 heavy (non-hydrogen) atoms. The summed E-state index contributed by atoms with van der Waals surface area (Å²) in [6.07, 6.45) is 12.0. The maximum Gasteiger partial charge on any atom is 0.122 e. The van der Waals surface area contributed by atoms with Gasteiger partial charge in [-0.25, -0.2) is 0 Å². The van der Waals surface area contributed by atoms with Crippen molar-refractivity contribution in [2.45, 2.75) is 19.5 Å². The molecule has 0 aromatic rings. The van der Waals surface area contributed by atoms with Crippen molar-refractivity contribution in [3.05, 3.63) is 36.3 Å². The fourth-order valence-corrected chi connectivity index (χ4v) is 1.36. The number of hydrogen-bond acceptors (Lipinski definition) is 2. The van der Waals surface area contributed by atoms with E-state index in [0.717, 1.165) is 6.42 Å². The number of hydrogen-bond donors (Lipinski definition) is 1. The van der Waals surface area contributed by atoms with Gasteiger partial charge in [0, 0.05) is 18.1 Å². The molecule has 0 aliphatic carbocycles. The van der Waals surface area contributed by atoms with E-state index in [1.165, 1.54) is 5.70 Å². The number of fused-ring (bicyclic) bond motifs is 1. The molecule has 58 valence electrons. The van der Waals surface area contributed by atoms with Crippen molar-refractivity contribution < 1.29 is 0 Å². The van der Waals surface area contributed by atoms with E-state index in [0.29, 0.717) is 6.17 Å². The van der Waals surface area contributed by atoms with E-state index in [4.69, 9.17) is 0 Å². The van der Waals surface area contributed by atoms with Crippen LogP contribution in [-0.4, -0.2) is 11.1 Å². The first kappa shape index (κ1) is 6.53. The molecule has 0 saturated carbocycles. The van der Waals surface area contributed by atoms with Crippen LogP contribution in [0.4, 0.5) is 0 Å². The number of allylic oxidation sites excluding steroid dienone is 3. The van der Waals surface area contributed by atoms with Gasteiger partial charge in [0.25, 0.3) is 0 Å². The summed E-state index contributed by atoms with van der Waals surface area (Å²) in [5, 5.41) is 3.39. The molecule has 0 fully saturated rings. The number of nitrogens with one attached hydrogen (secondary N) is 1. The van der Waals surface area contributed by atoms with Crippen molar-refractivity contribution >= 4 is 0 Å². The minimum absolute atomic E-state index is 0.370. The van der Waals surface area contributed by atoms with Gasteiger partial charge in [0.1, 0.15) is 6.17 Å². The molecule has 2 aliphatic rings.